The lowest BCUT2D eigenvalue weighted by atomic mass is 9.86. The molecule has 2 aromatic rings. The zero-order valence-electron chi connectivity index (χ0n) is 12.5. The SMILES string of the molecule is CC(C)C(=O)Nc1ncc2c(n1)C[C@H](c1cccs1)CC2=O. The predicted octanol–water partition coefficient (Wildman–Crippen LogP) is 3.05. The number of carbonyl (C=O) groups excluding carboxylic acids is 2. The number of fused-ring (bicyclic) bond motifs is 1. The summed E-state index contributed by atoms with van der Waals surface area (Å²) < 4.78 is 0. The van der Waals surface area contributed by atoms with E-state index in [4.69, 9.17) is 0 Å². The van der Waals surface area contributed by atoms with Crippen molar-refractivity contribution in [3.63, 3.8) is 0 Å². The standard InChI is InChI=1S/C16H17N3O2S/c1-9(2)15(21)19-16-17-8-11-12(18-16)6-10(7-13(11)20)14-4-3-5-22-14/h3-5,8-10H,6-7H2,1-2H3,(H,17,18,19,21)/t10-/m0/s1. The maximum absolute atomic E-state index is 12.3. The Hall–Kier alpha value is -2.08. The van der Waals surface area contributed by atoms with Crippen LogP contribution in [0.2, 0.25) is 0 Å². The van der Waals surface area contributed by atoms with Gasteiger partial charge >= 0.3 is 0 Å². The number of anilines is 1. The largest absolute Gasteiger partial charge is 0.294 e. The van der Waals surface area contributed by atoms with Crippen LogP contribution in [0.5, 0.6) is 0 Å². The van der Waals surface area contributed by atoms with E-state index < -0.39 is 0 Å². The summed E-state index contributed by atoms with van der Waals surface area (Å²) in [4.78, 5) is 33.7. The Morgan fingerprint density at radius 3 is 2.91 bits per heavy atom. The Labute approximate surface area is 132 Å². The van der Waals surface area contributed by atoms with Crippen LogP contribution in [0.4, 0.5) is 5.95 Å². The number of thiophene rings is 1. The number of Topliss-reactive ketones (excluding diaryl/α,β-unsaturated/α-hetero) is 1. The summed E-state index contributed by atoms with van der Waals surface area (Å²) >= 11 is 1.66. The first-order chi connectivity index (χ1) is 10.5. The number of aromatic nitrogens is 2. The molecule has 0 aromatic carbocycles. The summed E-state index contributed by atoms with van der Waals surface area (Å²) in [5.41, 5.74) is 1.30. The zero-order valence-corrected chi connectivity index (χ0v) is 13.3. The van der Waals surface area contributed by atoms with Gasteiger partial charge in [0.1, 0.15) is 0 Å². The fourth-order valence-electron chi connectivity index (χ4n) is 2.48. The third-order valence-corrected chi connectivity index (χ3v) is 4.78. The average molecular weight is 315 g/mol. The molecule has 0 saturated carbocycles. The van der Waals surface area contributed by atoms with E-state index in [1.54, 1.807) is 11.3 Å². The quantitative estimate of drug-likeness (QED) is 0.945. The molecule has 22 heavy (non-hydrogen) atoms. The van der Waals surface area contributed by atoms with Crippen LogP contribution in [-0.2, 0) is 11.2 Å². The van der Waals surface area contributed by atoms with Crippen molar-refractivity contribution in [2.75, 3.05) is 5.32 Å². The lowest BCUT2D eigenvalue weighted by Gasteiger charge is -2.22. The van der Waals surface area contributed by atoms with Crippen molar-refractivity contribution in [1.29, 1.82) is 0 Å². The molecule has 0 unspecified atom stereocenters. The molecule has 1 atom stereocenters. The van der Waals surface area contributed by atoms with E-state index in [9.17, 15) is 9.59 Å². The molecule has 3 rings (SSSR count). The number of amides is 1. The Balaban J connectivity index is 1.86. The Bertz CT molecular complexity index is 710. The van der Waals surface area contributed by atoms with Crippen LogP contribution in [0.3, 0.4) is 0 Å². The molecule has 5 nitrogen and oxygen atoms in total. The number of ketones is 1. The van der Waals surface area contributed by atoms with E-state index in [2.05, 4.69) is 21.4 Å². The molecular weight excluding hydrogens is 298 g/mol. The zero-order chi connectivity index (χ0) is 15.7. The van der Waals surface area contributed by atoms with Crippen molar-refractivity contribution in [3.05, 3.63) is 39.8 Å². The van der Waals surface area contributed by atoms with E-state index in [0.29, 0.717) is 18.4 Å². The second-order valence-electron chi connectivity index (χ2n) is 5.74. The number of nitrogens with one attached hydrogen (secondary N) is 1. The summed E-state index contributed by atoms with van der Waals surface area (Å²) in [7, 11) is 0. The minimum absolute atomic E-state index is 0.0707. The van der Waals surface area contributed by atoms with Crippen LogP contribution in [0.25, 0.3) is 0 Å². The predicted molar refractivity (Wildman–Crippen MR) is 85.2 cm³/mol. The second kappa shape index (κ2) is 5.96. The molecule has 1 aliphatic carbocycles. The van der Waals surface area contributed by atoms with Crippen molar-refractivity contribution in [2.24, 2.45) is 5.92 Å². The van der Waals surface area contributed by atoms with Gasteiger partial charge in [-0.1, -0.05) is 19.9 Å². The third kappa shape index (κ3) is 2.92. The molecule has 1 aliphatic rings. The fraction of sp³-hybridized carbons (Fsp3) is 0.375. The van der Waals surface area contributed by atoms with Crippen LogP contribution in [0.15, 0.2) is 23.7 Å². The lowest BCUT2D eigenvalue weighted by molar-refractivity contribution is -0.118. The number of nitrogens with zero attached hydrogens (tertiary/aromatic N) is 2. The normalized spacial score (nSPS) is 17.4. The van der Waals surface area contributed by atoms with Gasteiger partial charge < -0.3 is 0 Å². The number of rotatable bonds is 3. The molecule has 1 N–H and O–H groups in total. The smallest absolute Gasteiger partial charge is 0.229 e. The molecule has 0 bridgehead atoms. The lowest BCUT2D eigenvalue weighted by Crippen LogP contribution is -2.23. The van der Waals surface area contributed by atoms with Gasteiger partial charge in [0.2, 0.25) is 11.9 Å². The minimum Gasteiger partial charge on any atom is -0.294 e. The summed E-state index contributed by atoms with van der Waals surface area (Å²) in [6.07, 6.45) is 2.73. The first kappa shape index (κ1) is 14.8. The van der Waals surface area contributed by atoms with Gasteiger partial charge in [0.05, 0.1) is 11.3 Å². The van der Waals surface area contributed by atoms with Gasteiger partial charge in [-0.05, 0) is 17.9 Å². The molecule has 6 heteroatoms. The first-order valence-electron chi connectivity index (χ1n) is 7.28. The highest BCUT2D eigenvalue weighted by Gasteiger charge is 2.28. The van der Waals surface area contributed by atoms with Crippen molar-refractivity contribution in [1.82, 2.24) is 9.97 Å². The van der Waals surface area contributed by atoms with Crippen LogP contribution < -0.4 is 5.32 Å². The van der Waals surface area contributed by atoms with Crippen molar-refractivity contribution in [3.8, 4) is 0 Å². The monoisotopic (exact) mass is 315 g/mol. The van der Waals surface area contributed by atoms with Gasteiger partial charge in [0.15, 0.2) is 5.78 Å². The Morgan fingerprint density at radius 2 is 2.23 bits per heavy atom. The van der Waals surface area contributed by atoms with Crippen LogP contribution in [0.1, 0.15) is 47.1 Å². The van der Waals surface area contributed by atoms with E-state index in [-0.39, 0.29) is 29.5 Å². The molecule has 114 valence electrons. The number of carbonyl (C=O) groups is 2. The summed E-state index contributed by atoms with van der Waals surface area (Å²) in [6, 6.07) is 4.05. The first-order valence-corrected chi connectivity index (χ1v) is 8.16. The molecule has 2 heterocycles. The molecule has 0 saturated heterocycles. The summed E-state index contributed by atoms with van der Waals surface area (Å²) in [5, 5.41) is 4.70. The molecule has 0 spiro atoms. The Morgan fingerprint density at radius 1 is 1.41 bits per heavy atom. The van der Waals surface area contributed by atoms with Gasteiger partial charge in [-0.25, -0.2) is 9.97 Å². The van der Waals surface area contributed by atoms with Gasteiger partial charge in [-0.15, -0.1) is 11.3 Å². The van der Waals surface area contributed by atoms with E-state index in [1.165, 1.54) is 11.1 Å². The second-order valence-corrected chi connectivity index (χ2v) is 6.72. The Kier molecular flexibility index (Phi) is 4.02. The molecule has 0 radical (unpaired) electrons. The van der Waals surface area contributed by atoms with Crippen molar-refractivity contribution >= 4 is 29.0 Å². The average Bonchev–Trinajstić information content (AvgIpc) is 3.00. The molecular formula is C16H17N3O2S. The molecule has 1 amide bonds. The van der Waals surface area contributed by atoms with E-state index in [1.807, 2.05) is 25.3 Å². The van der Waals surface area contributed by atoms with Gasteiger partial charge in [0, 0.05) is 29.3 Å². The van der Waals surface area contributed by atoms with Gasteiger partial charge in [-0.2, -0.15) is 0 Å². The number of hydrogen-bond donors (Lipinski definition) is 1. The highest BCUT2D eigenvalue weighted by atomic mass is 32.1. The van der Waals surface area contributed by atoms with E-state index >= 15 is 0 Å². The number of hydrogen-bond acceptors (Lipinski definition) is 5. The van der Waals surface area contributed by atoms with Crippen LogP contribution in [0, 0.1) is 5.92 Å². The maximum Gasteiger partial charge on any atom is 0.229 e. The summed E-state index contributed by atoms with van der Waals surface area (Å²) in [6.45, 7) is 3.62. The van der Waals surface area contributed by atoms with Crippen LogP contribution >= 0.6 is 11.3 Å². The van der Waals surface area contributed by atoms with Crippen molar-refractivity contribution < 1.29 is 9.59 Å². The summed E-state index contributed by atoms with van der Waals surface area (Å²) in [5.74, 6) is 0.249. The minimum atomic E-state index is -0.139. The van der Waals surface area contributed by atoms with Crippen molar-refractivity contribution in [2.45, 2.75) is 32.6 Å². The highest BCUT2D eigenvalue weighted by Crippen LogP contribution is 2.34. The topological polar surface area (TPSA) is 72.0 Å². The van der Waals surface area contributed by atoms with E-state index in [0.717, 1.165) is 5.69 Å². The third-order valence-electron chi connectivity index (χ3n) is 3.74. The maximum atomic E-state index is 12.3. The van der Waals surface area contributed by atoms with Gasteiger partial charge in [-0.3, -0.25) is 14.9 Å². The fourth-order valence-corrected chi connectivity index (χ4v) is 3.32. The van der Waals surface area contributed by atoms with Crippen LogP contribution in [-0.4, -0.2) is 21.7 Å². The molecule has 0 aliphatic heterocycles. The molecule has 2 aromatic heterocycles. The molecule has 0 fully saturated rings. The highest BCUT2D eigenvalue weighted by molar-refractivity contribution is 7.10. The van der Waals surface area contributed by atoms with Gasteiger partial charge in [0.25, 0.3) is 0 Å².